The first kappa shape index (κ1) is 18.5. The van der Waals surface area contributed by atoms with Gasteiger partial charge in [0, 0.05) is 11.6 Å². The third-order valence-corrected chi connectivity index (χ3v) is 3.92. The van der Waals surface area contributed by atoms with Gasteiger partial charge in [-0.25, -0.2) is 0 Å². The zero-order valence-electron chi connectivity index (χ0n) is 13.8. The van der Waals surface area contributed by atoms with Crippen LogP contribution in [0, 0.1) is 13.8 Å². The van der Waals surface area contributed by atoms with Gasteiger partial charge in [-0.05, 0) is 26.0 Å². The monoisotopic (exact) mass is 362 g/mol. The minimum Gasteiger partial charge on any atom is -0.360 e. The smallest absolute Gasteiger partial charge is 0.269 e. The highest BCUT2D eigenvalue weighted by Gasteiger charge is 2.10. The molecule has 1 heterocycles. The number of nitrogens with zero attached hydrogens (tertiary/aromatic N) is 1. The van der Waals surface area contributed by atoms with E-state index in [9.17, 15) is 14.4 Å². The van der Waals surface area contributed by atoms with Gasteiger partial charge in [-0.1, -0.05) is 22.9 Å². The van der Waals surface area contributed by atoms with Crippen LogP contribution in [0.25, 0.3) is 0 Å². The van der Waals surface area contributed by atoms with Crippen molar-refractivity contribution in [1.29, 1.82) is 0 Å². The molecule has 3 amide bonds. The lowest BCUT2D eigenvalue weighted by molar-refractivity contribution is -0.119. The molecule has 25 heavy (non-hydrogen) atoms. The highest BCUT2D eigenvalue weighted by molar-refractivity contribution is 8.00. The van der Waals surface area contributed by atoms with E-state index >= 15 is 0 Å². The lowest BCUT2D eigenvalue weighted by Crippen LogP contribution is -2.42. The van der Waals surface area contributed by atoms with Crippen LogP contribution < -0.4 is 16.2 Å². The van der Waals surface area contributed by atoms with Crippen LogP contribution >= 0.6 is 11.8 Å². The van der Waals surface area contributed by atoms with Crippen molar-refractivity contribution in [3.63, 3.8) is 0 Å². The first-order chi connectivity index (χ1) is 11.9. The van der Waals surface area contributed by atoms with Crippen LogP contribution in [-0.2, 0) is 9.59 Å². The molecular formula is C16H18N4O4S. The highest BCUT2D eigenvalue weighted by Crippen LogP contribution is 2.08. The summed E-state index contributed by atoms with van der Waals surface area (Å²) in [7, 11) is 0. The van der Waals surface area contributed by atoms with E-state index in [0.717, 1.165) is 17.3 Å². The molecule has 0 radical (unpaired) electrons. The zero-order valence-corrected chi connectivity index (χ0v) is 14.6. The molecule has 8 nitrogen and oxygen atoms in total. The fraction of sp³-hybridized carbons (Fsp3) is 0.250. The number of hydrazine groups is 1. The van der Waals surface area contributed by atoms with Gasteiger partial charge in [0.05, 0.1) is 11.5 Å². The summed E-state index contributed by atoms with van der Waals surface area (Å²) >= 11 is 1.11. The summed E-state index contributed by atoms with van der Waals surface area (Å²) < 4.78 is 4.83. The Bertz CT molecular complexity index is 758. The summed E-state index contributed by atoms with van der Waals surface area (Å²) in [4.78, 5) is 35.2. The molecule has 0 saturated carbocycles. The maximum Gasteiger partial charge on any atom is 0.269 e. The van der Waals surface area contributed by atoms with E-state index < -0.39 is 11.8 Å². The molecule has 1 aromatic carbocycles. The number of rotatable bonds is 6. The van der Waals surface area contributed by atoms with Gasteiger partial charge >= 0.3 is 0 Å². The molecule has 3 N–H and O–H groups in total. The largest absolute Gasteiger partial charge is 0.360 e. The number of carbonyl (C=O) groups is 3. The van der Waals surface area contributed by atoms with Gasteiger partial charge in [0.15, 0.2) is 5.82 Å². The lowest BCUT2D eigenvalue weighted by atomic mass is 10.1. The van der Waals surface area contributed by atoms with Crippen molar-refractivity contribution in [2.45, 2.75) is 13.8 Å². The summed E-state index contributed by atoms with van der Waals surface area (Å²) in [5.74, 6) is -0.0857. The van der Waals surface area contributed by atoms with Gasteiger partial charge in [0.1, 0.15) is 5.76 Å². The molecule has 0 saturated heterocycles. The maximum absolute atomic E-state index is 11.8. The third-order valence-electron chi connectivity index (χ3n) is 2.99. The Labute approximate surface area is 148 Å². The number of amides is 3. The summed E-state index contributed by atoms with van der Waals surface area (Å²) in [5, 5.41) is 6.19. The van der Waals surface area contributed by atoms with Gasteiger partial charge in [0.25, 0.3) is 5.91 Å². The fourth-order valence-electron chi connectivity index (χ4n) is 1.78. The molecule has 0 aliphatic carbocycles. The topological polar surface area (TPSA) is 113 Å². The Hall–Kier alpha value is -2.81. The number of nitrogens with one attached hydrogen (secondary N) is 3. The second-order valence-electron chi connectivity index (χ2n) is 5.23. The van der Waals surface area contributed by atoms with E-state index in [1.165, 1.54) is 0 Å². The van der Waals surface area contributed by atoms with Crippen LogP contribution in [0.5, 0.6) is 0 Å². The van der Waals surface area contributed by atoms with Crippen molar-refractivity contribution in [2.75, 3.05) is 16.8 Å². The lowest BCUT2D eigenvalue weighted by Gasteiger charge is -2.07. The Morgan fingerprint density at radius 1 is 1.04 bits per heavy atom. The molecule has 0 bridgehead atoms. The van der Waals surface area contributed by atoms with Crippen LogP contribution in [-0.4, -0.2) is 34.4 Å². The van der Waals surface area contributed by atoms with E-state index in [2.05, 4.69) is 21.3 Å². The molecule has 2 rings (SSSR count). The quantitative estimate of drug-likeness (QED) is 0.670. The summed E-state index contributed by atoms with van der Waals surface area (Å²) in [5.41, 5.74) is 6.11. The number of thioether (sulfide) groups is 1. The standard InChI is InChI=1S/C16H18N4O4S/c1-10-3-5-12(6-4-10)16(23)19-18-15(22)9-25-8-14(21)17-13-7-11(2)24-20-13/h3-7H,8-9H2,1-2H3,(H,18,22)(H,19,23)(H,17,20,21). The van der Waals surface area contributed by atoms with Crippen LogP contribution in [0.2, 0.25) is 0 Å². The third kappa shape index (κ3) is 6.30. The van der Waals surface area contributed by atoms with Gasteiger partial charge in [-0.15, -0.1) is 11.8 Å². The highest BCUT2D eigenvalue weighted by atomic mass is 32.2. The molecule has 0 fully saturated rings. The van der Waals surface area contributed by atoms with E-state index in [0.29, 0.717) is 17.1 Å². The first-order valence-corrected chi connectivity index (χ1v) is 8.56. The average Bonchev–Trinajstić information content (AvgIpc) is 2.98. The number of anilines is 1. The number of hydrogen-bond donors (Lipinski definition) is 3. The normalized spacial score (nSPS) is 10.2. The van der Waals surface area contributed by atoms with E-state index in [1.54, 1.807) is 25.1 Å². The number of hydrogen-bond acceptors (Lipinski definition) is 6. The van der Waals surface area contributed by atoms with Gasteiger partial charge in [-0.2, -0.15) is 0 Å². The molecule has 9 heteroatoms. The number of aromatic nitrogens is 1. The number of carbonyl (C=O) groups excluding carboxylic acids is 3. The second-order valence-corrected chi connectivity index (χ2v) is 6.22. The Morgan fingerprint density at radius 3 is 2.36 bits per heavy atom. The molecule has 0 atom stereocenters. The molecule has 1 aromatic heterocycles. The predicted octanol–water partition coefficient (Wildman–Crippen LogP) is 1.42. The van der Waals surface area contributed by atoms with Gasteiger partial charge in [0.2, 0.25) is 11.8 Å². The summed E-state index contributed by atoms with van der Waals surface area (Å²) in [6.45, 7) is 3.63. The first-order valence-electron chi connectivity index (χ1n) is 7.41. The molecule has 0 aliphatic rings. The minimum absolute atomic E-state index is 0.0272. The Kier molecular flexibility index (Phi) is 6.58. The van der Waals surface area contributed by atoms with Gasteiger partial charge in [-0.3, -0.25) is 25.2 Å². The van der Waals surface area contributed by atoms with Crippen LogP contribution in [0.15, 0.2) is 34.9 Å². The summed E-state index contributed by atoms with van der Waals surface area (Å²) in [6.07, 6.45) is 0. The Morgan fingerprint density at radius 2 is 1.72 bits per heavy atom. The maximum atomic E-state index is 11.8. The molecule has 2 aromatic rings. The second kappa shape index (κ2) is 8.88. The molecule has 0 aliphatic heterocycles. The number of benzene rings is 1. The van der Waals surface area contributed by atoms with Crippen molar-refractivity contribution in [1.82, 2.24) is 16.0 Å². The predicted molar refractivity (Wildman–Crippen MR) is 94.0 cm³/mol. The van der Waals surface area contributed by atoms with Crippen molar-refractivity contribution < 1.29 is 18.9 Å². The van der Waals surface area contributed by atoms with E-state index in [-0.39, 0.29) is 17.4 Å². The van der Waals surface area contributed by atoms with Crippen molar-refractivity contribution in [3.8, 4) is 0 Å². The minimum atomic E-state index is -0.407. The van der Waals surface area contributed by atoms with Crippen LogP contribution in [0.4, 0.5) is 5.82 Å². The van der Waals surface area contributed by atoms with Crippen molar-refractivity contribution in [3.05, 3.63) is 47.2 Å². The number of aryl methyl sites for hydroxylation is 2. The van der Waals surface area contributed by atoms with E-state index in [4.69, 9.17) is 4.52 Å². The fourth-order valence-corrected chi connectivity index (χ4v) is 2.40. The van der Waals surface area contributed by atoms with Crippen molar-refractivity contribution >= 4 is 35.3 Å². The van der Waals surface area contributed by atoms with Crippen LogP contribution in [0.3, 0.4) is 0 Å². The Balaban J connectivity index is 1.64. The molecule has 0 spiro atoms. The SMILES string of the molecule is Cc1ccc(C(=O)NNC(=O)CSCC(=O)Nc2cc(C)on2)cc1. The van der Waals surface area contributed by atoms with Crippen molar-refractivity contribution in [2.24, 2.45) is 0 Å². The molecule has 0 unspecified atom stereocenters. The van der Waals surface area contributed by atoms with Crippen LogP contribution in [0.1, 0.15) is 21.7 Å². The zero-order chi connectivity index (χ0) is 18.2. The average molecular weight is 362 g/mol. The molecular weight excluding hydrogens is 344 g/mol. The summed E-state index contributed by atoms with van der Waals surface area (Å²) in [6, 6.07) is 8.54. The van der Waals surface area contributed by atoms with Gasteiger partial charge < -0.3 is 9.84 Å². The van der Waals surface area contributed by atoms with E-state index in [1.807, 2.05) is 19.1 Å². The molecule has 132 valence electrons.